The Hall–Kier alpha value is -2.00. The zero-order valence-corrected chi connectivity index (χ0v) is 9.82. The number of nitrogens with zero attached hydrogens (tertiary/aromatic N) is 3. The number of benzene rings is 1. The SMILES string of the molecule is N#Cc1cccc(N2CCCCCC2)c1C#N. The molecule has 3 heteroatoms. The molecule has 0 unspecified atom stereocenters. The fourth-order valence-electron chi connectivity index (χ4n) is 2.33. The molecule has 1 heterocycles. The third kappa shape index (κ3) is 2.40. The summed E-state index contributed by atoms with van der Waals surface area (Å²) in [7, 11) is 0. The summed E-state index contributed by atoms with van der Waals surface area (Å²) in [6, 6.07) is 9.78. The Labute approximate surface area is 102 Å². The first-order valence-corrected chi connectivity index (χ1v) is 6.05. The molecule has 86 valence electrons. The fraction of sp³-hybridized carbons (Fsp3) is 0.429. The van der Waals surface area contributed by atoms with E-state index in [0.29, 0.717) is 11.1 Å². The van der Waals surface area contributed by atoms with Gasteiger partial charge in [-0.05, 0) is 25.0 Å². The highest BCUT2D eigenvalue weighted by Crippen LogP contribution is 2.25. The van der Waals surface area contributed by atoms with Crippen LogP contribution in [0.5, 0.6) is 0 Å². The number of hydrogen-bond donors (Lipinski definition) is 0. The van der Waals surface area contributed by atoms with Gasteiger partial charge in [0.05, 0.1) is 16.8 Å². The van der Waals surface area contributed by atoms with Gasteiger partial charge in [0.25, 0.3) is 0 Å². The maximum absolute atomic E-state index is 9.20. The Morgan fingerprint density at radius 3 is 2.24 bits per heavy atom. The van der Waals surface area contributed by atoms with Crippen molar-refractivity contribution in [2.24, 2.45) is 0 Å². The van der Waals surface area contributed by atoms with Crippen LogP contribution in [0.1, 0.15) is 36.8 Å². The summed E-state index contributed by atoms with van der Waals surface area (Å²) in [5, 5.41) is 18.2. The van der Waals surface area contributed by atoms with E-state index in [9.17, 15) is 5.26 Å². The monoisotopic (exact) mass is 225 g/mol. The number of rotatable bonds is 1. The van der Waals surface area contributed by atoms with Crippen molar-refractivity contribution in [2.45, 2.75) is 25.7 Å². The Morgan fingerprint density at radius 1 is 0.941 bits per heavy atom. The van der Waals surface area contributed by atoms with Gasteiger partial charge in [-0.1, -0.05) is 18.9 Å². The van der Waals surface area contributed by atoms with Crippen molar-refractivity contribution in [2.75, 3.05) is 18.0 Å². The summed E-state index contributed by atoms with van der Waals surface area (Å²) in [6.45, 7) is 1.98. The van der Waals surface area contributed by atoms with Gasteiger partial charge in [0, 0.05) is 13.1 Å². The van der Waals surface area contributed by atoms with E-state index in [-0.39, 0.29) is 0 Å². The maximum atomic E-state index is 9.20. The van der Waals surface area contributed by atoms with Crippen LogP contribution in [0.3, 0.4) is 0 Å². The van der Waals surface area contributed by atoms with Crippen LogP contribution in [-0.4, -0.2) is 13.1 Å². The first-order chi connectivity index (χ1) is 8.36. The molecule has 0 radical (unpaired) electrons. The molecular formula is C14H15N3. The normalized spacial score (nSPS) is 15.8. The van der Waals surface area contributed by atoms with Gasteiger partial charge >= 0.3 is 0 Å². The first kappa shape index (κ1) is 11.5. The second kappa shape index (κ2) is 5.37. The number of hydrogen-bond acceptors (Lipinski definition) is 3. The van der Waals surface area contributed by atoms with Crippen LogP contribution in [0.15, 0.2) is 18.2 Å². The molecule has 2 rings (SSSR count). The molecule has 0 N–H and O–H groups in total. The summed E-state index contributed by atoms with van der Waals surface area (Å²) >= 11 is 0. The van der Waals surface area contributed by atoms with Gasteiger partial charge in [0.15, 0.2) is 0 Å². The average Bonchev–Trinajstić information content (AvgIpc) is 2.66. The molecule has 1 saturated heterocycles. The lowest BCUT2D eigenvalue weighted by Gasteiger charge is -2.23. The van der Waals surface area contributed by atoms with Gasteiger partial charge in [-0.3, -0.25) is 0 Å². The van der Waals surface area contributed by atoms with Crippen LogP contribution in [0, 0.1) is 22.7 Å². The predicted molar refractivity (Wildman–Crippen MR) is 66.6 cm³/mol. The lowest BCUT2D eigenvalue weighted by atomic mass is 10.1. The van der Waals surface area contributed by atoms with E-state index in [2.05, 4.69) is 17.0 Å². The molecule has 1 aromatic rings. The lowest BCUT2D eigenvalue weighted by molar-refractivity contribution is 0.726. The van der Waals surface area contributed by atoms with E-state index >= 15 is 0 Å². The van der Waals surface area contributed by atoms with Gasteiger partial charge in [-0.25, -0.2) is 0 Å². The summed E-state index contributed by atoms with van der Waals surface area (Å²) in [5.41, 5.74) is 1.93. The van der Waals surface area contributed by atoms with Crippen LogP contribution in [0.25, 0.3) is 0 Å². The Morgan fingerprint density at radius 2 is 1.65 bits per heavy atom. The summed E-state index contributed by atoms with van der Waals surface area (Å²) in [6.07, 6.45) is 4.86. The van der Waals surface area contributed by atoms with Gasteiger partial charge in [0.2, 0.25) is 0 Å². The van der Waals surface area contributed by atoms with Gasteiger partial charge < -0.3 is 4.90 Å². The van der Waals surface area contributed by atoms with E-state index in [1.54, 1.807) is 6.07 Å². The van der Waals surface area contributed by atoms with Crippen molar-refractivity contribution < 1.29 is 0 Å². The van der Waals surface area contributed by atoms with E-state index < -0.39 is 0 Å². The number of anilines is 1. The van der Waals surface area contributed by atoms with Gasteiger partial charge in [-0.15, -0.1) is 0 Å². The molecule has 1 aliphatic heterocycles. The topological polar surface area (TPSA) is 50.8 Å². The molecule has 0 atom stereocenters. The molecule has 17 heavy (non-hydrogen) atoms. The smallest absolute Gasteiger partial charge is 0.103 e. The van der Waals surface area contributed by atoms with E-state index in [1.807, 2.05) is 12.1 Å². The highest BCUT2D eigenvalue weighted by molar-refractivity contribution is 5.65. The molecule has 0 spiro atoms. The minimum Gasteiger partial charge on any atom is -0.370 e. The van der Waals surface area contributed by atoms with Crippen LogP contribution >= 0.6 is 0 Å². The average molecular weight is 225 g/mol. The van der Waals surface area contributed by atoms with Gasteiger partial charge in [-0.2, -0.15) is 10.5 Å². The van der Waals surface area contributed by atoms with Crippen LogP contribution in [0.2, 0.25) is 0 Å². The summed E-state index contributed by atoms with van der Waals surface area (Å²) in [4.78, 5) is 2.24. The molecule has 1 fully saturated rings. The van der Waals surface area contributed by atoms with Crippen LogP contribution < -0.4 is 4.90 Å². The largest absolute Gasteiger partial charge is 0.370 e. The molecule has 3 nitrogen and oxygen atoms in total. The van der Waals surface area contributed by atoms with Crippen molar-refractivity contribution >= 4 is 5.69 Å². The van der Waals surface area contributed by atoms with Crippen molar-refractivity contribution in [3.05, 3.63) is 29.3 Å². The highest BCUT2D eigenvalue weighted by atomic mass is 15.1. The van der Waals surface area contributed by atoms with Crippen LogP contribution in [-0.2, 0) is 0 Å². The van der Waals surface area contributed by atoms with Crippen molar-refractivity contribution in [3.63, 3.8) is 0 Å². The quantitative estimate of drug-likeness (QED) is 0.738. The standard InChI is InChI=1S/C14H15N3/c15-10-12-6-5-7-14(13(12)11-16)17-8-3-1-2-4-9-17/h5-7H,1-4,8-9H2. The maximum Gasteiger partial charge on any atom is 0.103 e. The Bertz CT molecular complexity index is 471. The molecule has 1 aromatic carbocycles. The molecule has 0 aliphatic carbocycles. The minimum atomic E-state index is 0.481. The predicted octanol–water partition coefficient (Wildman–Crippen LogP) is 2.81. The molecular weight excluding hydrogens is 210 g/mol. The Balaban J connectivity index is 2.37. The zero-order chi connectivity index (χ0) is 12.1. The highest BCUT2D eigenvalue weighted by Gasteiger charge is 2.15. The lowest BCUT2D eigenvalue weighted by Crippen LogP contribution is -2.24. The third-order valence-corrected chi connectivity index (χ3v) is 3.22. The summed E-state index contributed by atoms with van der Waals surface area (Å²) < 4.78 is 0. The third-order valence-electron chi connectivity index (χ3n) is 3.22. The van der Waals surface area contributed by atoms with E-state index in [0.717, 1.165) is 18.8 Å². The van der Waals surface area contributed by atoms with Crippen molar-refractivity contribution in [1.29, 1.82) is 10.5 Å². The zero-order valence-electron chi connectivity index (χ0n) is 9.82. The fourth-order valence-corrected chi connectivity index (χ4v) is 2.33. The molecule has 0 saturated carbocycles. The Kier molecular flexibility index (Phi) is 3.62. The van der Waals surface area contributed by atoms with E-state index in [1.165, 1.54) is 25.7 Å². The van der Waals surface area contributed by atoms with Gasteiger partial charge in [0.1, 0.15) is 12.1 Å². The molecule has 0 aromatic heterocycles. The second-order valence-corrected chi connectivity index (χ2v) is 4.32. The summed E-state index contributed by atoms with van der Waals surface area (Å²) in [5.74, 6) is 0. The van der Waals surface area contributed by atoms with E-state index in [4.69, 9.17) is 5.26 Å². The molecule has 0 amide bonds. The second-order valence-electron chi connectivity index (χ2n) is 4.32. The van der Waals surface area contributed by atoms with Crippen molar-refractivity contribution in [3.8, 4) is 12.1 Å². The minimum absolute atomic E-state index is 0.481. The van der Waals surface area contributed by atoms with Crippen molar-refractivity contribution in [1.82, 2.24) is 0 Å². The molecule has 1 aliphatic rings. The molecule has 0 bridgehead atoms. The number of nitriles is 2. The van der Waals surface area contributed by atoms with Crippen LogP contribution in [0.4, 0.5) is 5.69 Å². The first-order valence-electron chi connectivity index (χ1n) is 6.05.